The van der Waals surface area contributed by atoms with E-state index in [1.807, 2.05) is 6.92 Å². The lowest BCUT2D eigenvalue weighted by molar-refractivity contribution is 0.447. The summed E-state index contributed by atoms with van der Waals surface area (Å²) in [6, 6.07) is 3.56. The number of furan rings is 1. The quantitative estimate of drug-likeness (QED) is 0.868. The Morgan fingerprint density at radius 1 is 1.28 bits per heavy atom. The fourth-order valence-electron chi connectivity index (χ4n) is 1.87. The van der Waals surface area contributed by atoms with E-state index < -0.39 is 17.7 Å². The number of rotatable bonds is 3. The second kappa shape index (κ2) is 5.20. The molecule has 2 nitrogen and oxygen atoms in total. The summed E-state index contributed by atoms with van der Waals surface area (Å²) in [6.45, 7) is 1.86. The van der Waals surface area contributed by atoms with E-state index in [1.165, 1.54) is 12.3 Å². The molecule has 0 radical (unpaired) electrons. The van der Waals surface area contributed by atoms with Crippen LogP contribution in [0.2, 0.25) is 0 Å². The number of benzene rings is 1. The lowest BCUT2D eigenvalue weighted by Gasteiger charge is -2.16. The van der Waals surface area contributed by atoms with Crippen LogP contribution in [-0.4, -0.2) is 7.05 Å². The van der Waals surface area contributed by atoms with E-state index in [9.17, 15) is 8.78 Å². The number of nitrogens with one attached hydrogen (secondary N) is 1. The van der Waals surface area contributed by atoms with E-state index in [1.54, 1.807) is 13.1 Å². The molecule has 1 unspecified atom stereocenters. The molecule has 0 amide bonds. The number of halogens is 3. The number of hydrogen-bond acceptors (Lipinski definition) is 2. The average Bonchev–Trinajstić information content (AvgIpc) is 2.73. The molecule has 0 saturated heterocycles. The maximum Gasteiger partial charge on any atom is 0.137 e. The summed E-state index contributed by atoms with van der Waals surface area (Å²) in [5, 5.41) is 2.93. The molecule has 0 spiro atoms. The minimum Gasteiger partial charge on any atom is -0.467 e. The van der Waals surface area contributed by atoms with Gasteiger partial charge in [0.05, 0.1) is 16.8 Å². The Kier molecular flexibility index (Phi) is 3.82. The summed E-state index contributed by atoms with van der Waals surface area (Å²) < 4.78 is 32.9. The molecule has 1 atom stereocenters. The van der Waals surface area contributed by atoms with Crippen LogP contribution in [0.3, 0.4) is 0 Å². The Balaban J connectivity index is 2.52. The summed E-state index contributed by atoms with van der Waals surface area (Å²) in [7, 11) is 1.67. The van der Waals surface area contributed by atoms with Gasteiger partial charge in [-0.3, -0.25) is 0 Å². The Hall–Kier alpha value is -1.20. The van der Waals surface area contributed by atoms with Gasteiger partial charge in [-0.25, -0.2) is 8.78 Å². The minimum absolute atomic E-state index is 0.106. The topological polar surface area (TPSA) is 25.2 Å². The van der Waals surface area contributed by atoms with Gasteiger partial charge in [0.2, 0.25) is 0 Å². The molecule has 0 aliphatic carbocycles. The summed E-state index contributed by atoms with van der Waals surface area (Å²) in [6.07, 6.45) is 1.53. The highest BCUT2D eigenvalue weighted by Crippen LogP contribution is 2.30. The fraction of sp³-hybridized carbons (Fsp3) is 0.231. The normalized spacial score (nSPS) is 12.7. The van der Waals surface area contributed by atoms with Gasteiger partial charge >= 0.3 is 0 Å². The van der Waals surface area contributed by atoms with Crippen molar-refractivity contribution in [2.45, 2.75) is 13.0 Å². The molecule has 0 saturated carbocycles. The zero-order chi connectivity index (χ0) is 13.3. The van der Waals surface area contributed by atoms with Crippen LogP contribution in [0.4, 0.5) is 8.78 Å². The molecule has 0 aliphatic rings. The molecule has 96 valence electrons. The van der Waals surface area contributed by atoms with E-state index in [4.69, 9.17) is 4.42 Å². The molecule has 0 bridgehead atoms. The molecule has 0 aliphatic heterocycles. The van der Waals surface area contributed by atoms with Gasteiger partial charge in [-0.05, 0) is 53.7 Å². The summed E-state index contributed by atoms with van der Waals surface area (Å²) in [4.78, 5) is 0. The van der Waals surface area contributed by atoms with Crippen LogP contribution in [0, 0.1) is 18.6 Å². The molecule has 5 heteroatoms. The Morgan fingerprint density at radius 2 is 2.00 bits per heavy atom. The maximum absolute atomic E-state index is 13.9. The molecule has 1 N–H and O–H groups in total. The highest BCUT2D eigenvalue weighted by atomic mass is 79.9. The zero-order valence-electron chi connectivity index (χ0n) is 9.93. The smallest absolute Gasteiger partial charge is 0.137 e. The van der Waals surface area contributed by atoms with Crippen molar-refractivity contribution in [2.75, 3.05) is 7.05 Å². The van der Waals surface area contributed by atoms with Crippen LogP contribution >= 0.6 is 15.9 Å². The van der Waals surface area contributed by atoms with Crippen LogP contribution in [0.1, 0.15) is 22.9 Å². The monoisotopic (exact) mass is 315 g/mol. The SMILES string of the molecule is CNC(c1cc(F)c(Br)cc1F)c1occc1C. The van der Waals surface area contributed by atoms with Gasteiger partial charge in [0.25, 0.3) is 0 Å². The van der Waals surface area contributed by atoms with Crippen LogP contribution in [0.5, 0.6) is 0 Å². The van der Waals surface area contributed by atoms with Crippen molar-refractivity contribution in [2.24, 2.45) is 0 Å². The van der Waals surface area contributed by atoms with E-state index in [-0.39, 0.29) is 10.0 Å². The predicted octanol–water partition coefficient (Wildman–Crippen LogP) is 3.94. The molecule has 1 aromatic heterocycles. The lowest BCUT2D eigenvalue weighted by atomic mass is 10.0. The van der Waals surface area contributed by atoms with Crippen LogP contribution in [-0.2, 0) is 0 Å². The molecular weight excluding hydrogens is 304 g/mol. The largest absolute Gasteiger partial charge is 0.467 e. The van der Waals surface area contributed by atoms with E-state index in [0.717, 1.165) is 11.6 Å². The first-order chi connectivity index (χ1) is 8.54. The minimum atomic E-state index is -0.511. The van der Waals surface area contributed by atoms with Crippen molar-refractivity contribution in [3.05, 3.63) is 57.5 Å². The Morgan fingerprint density at radius 3 is 2.56 bits per heavy atom. The second-order valence-corrected chi connectivity index (χ2v) is 4.83. The molecule has 0 fully saturated rings. The molecule has 1 heterocycles. The standard InChI is InChI=1S/C13H12BrF2NO/c1-7-3-4-18-13(7)12(17-2)8-5-11(16)9(14)6-10(8)15/h3-6,12,17H,1-2H3. The van der Waals surface area contributed by atoms with Gasteiger partial charge in [-0.15, -0.1) is 0 Å². The van der Waals surface area contributed by atoms with Gasteiger partial charge in [-0.2, -0.15) is 0 Å². The summed E-state index contributed by atoms with van der Waals surface area (Å²) >= 11 is 2.96. The highest BCUT2D eigenvalue weighted by molar-refractivity contribution is 9.10. The molecular formula is C13H12BrF2NO. The van der Waals surface area contributed by atoms with Crippen molar-refractivity contribution in [1.82, 2.24) is 5.32 Å². The highest BCUT2D eigenvalue weighted by Gasteiger charge is 2.22. The Labute approximate surface area is 112 Å². The number of hydrogen-bond donors (Lipinski definition) is 1. The summed E-state index contributed by atoms with van der Waals surface area (Å²) in [5.41, 5.74) is 1.10. The van der Waals surface area contributed by atoms with Crippen LogP contribution in [0.25, 0.3) is 0 Å². The first-order valence-corrected chi connectivity index (χ1v) is 6.19. The molecule has 1 aromatic carbocycles. The van der Waals surface area contributed by atoms with Crippen molar-refractivity contribution >= 4 is 15.9 Å². The predicted molar refractivity (Wildman–Crippen MR) is 68.4 cm³/mol. The first-order valence-electron chi connectivity index (χ1n) is 5.40. The first kappa shape index (κ1) is 13.2. The van der Waals surface area contributed by atoms with Gasteiger partial charge in [0.15, 0.2) is 0 Å². The lowest BCUT2D eigenvalue weighted by Crippen LogP contribution is -2.19. The third-order valence-electron chi connectivity index (χ3n) is 2.80. The number of aryl methyl sites for hydroxylation is 1. The van der Waals surface area contributed by atoms with Gasteiger partial charge in [0.1, 0.15) is 17.4 Å². The van der Waals surface area contributed by atoms with Crippen molar-refractivity contribution in [3.63, 3.8) is 0 Å². The second-order valence-electron chi connectivity index (χ2n) is 3.98. The van der Waals surface area contributed by atoms with E-state index in [2.05, 4.69) is 21.2 Å². The van der Waals surface area contributed by atoms with Crippen molar-refractivity contribution in [1.29, 1.82) is 0 Å². The zero-order valence-corrected chi connectivity index (χ0v) is 11.5. The van der Waals surface area contributed by atoms with Gasteiger partial charge < -0.3 is 9.73 Å². The molecule has 2 aromatic rings. The van der Waals surface area contributed by atoms with Gasteiger partial charge in [0, 0.05) is 5.56 Å². The van der Waals surface area contributed by atoms with Gasteiger partial charge in [-0.1, -0.05) is 0 Å². The third kappa shape index (κ3) is 2.33. The molecule has 2 rings (SSSR count). The van der Waals surface area contributed by atoms with Crippen LogP contribution < -0.4 is 5.32 Å². The molecule has 18 heavy (non-hydrogen) atoms. The van der Waals surface area contributed by atoms with E-state index >= 15 is 0 Å². The average molecular weight is 316 g/mol. The van der Waals surface area contributed by atoms with E-state index in [0.29, 0.717) is 5.76 Å². The fourth-order valence-corrected chi connectivity index (χ4v) is 2.18. The van der Waals surface area contributed by atoms with Crippen LogP contribution in [0.15, 0.2) is 33.4 Å². The van der Waals surface area contributed by atoms with Crippen molar-refractivity contribution < 1.29 is 13.2 Å². The third-order valence-corrected chi connectivity index (χ3v) is 3.41. The van der Waals surface area contributed by atoms with Crippen molar-refractivity contribution in [3.8, 4) is 0 Å². The summed E-state index contributed by atoms with van der Waals surface area (Å²) in [5.74, 6) is -0.410. The maximum atomic E-state index is 13.9. The Bertz CT molecular complexity index is 568.